The molecule has 0 saturated carbocycles. The van der Waals surface area contributed by atoms with E-state index in [2.05, 4.69) is 10.0 Å². The highest BCUT2D eigenvalue weighted by molar-refractivity contribution is 7.97. The molecule has 3 rings (SSSR count). The molecule has 0 fully saturated rings. The summed E-state index contributed by atoms with van der Waals surface area (Å²) in [5.74, 6) is 1.35. The molecule has 0 bridgehead atoms. The van der Waals surface area contributed by atoms with Gasteiger partial charge in [-0.2, -0.15) is 0 Å². The van der Waals surface area contributed by atoms with Gasteiger partial charge in [-0.15, -0.1) is 0 Å². The van der Waals surface area contributed by atoms with Crippen LogP contribution in [-0.2, 0) is 11.3 Å². The number of fused-ring (bicyclic) bond motifs is 1. The van der Waals surface area contributed by atoms with Crippen LogP contribution in [0.3, 0.4) is 0 Å². The maximum atomic E-state index is 12.4. The van der Waals surface area contributed by atoms with Crippen molar-refractivity contribution in [3.63, 3.8) is 0 Å². The Hall–Kier alpha value is -1.60. The summed E-state index contributed by atoms with van der Waals surface area (Å²) in [5, 5.41) is 4.06. The van der Waals surface area contributed by atoms with Crippen molar-refractivity contribution >= 4 is 41.1 Å². The van der Waals surface area contributed by atoms with Crippen LogP contribution in [-0.4, -0.2) is 18.7 Å². The number of carbonyl (C=O) groups excluding carboxylic acids is 1. The molecule has 0 aliphatic carbocycles. The van der Waals surface area contributed by atoms with Gasteiger partial charge < -0.3 is 14.8 Å². The van der Waals surface area contributed by atoms with Crippen molar-refractivity contribution in [2.45, 2.75) is 30.8 Å². The minimum Gasteiger partial charge on any atom is -0.454 e. The normalized spacial score (nSPS) is 13.5. The molecule has 1 unspecified atom stereocenters. The predicted octanol–water partition coefficient (Wildman–Crippen LogP) is 4.41. The number of hydrogen-bond acceptors (Lipinski definition) is 5. The number of carbonyl (C=O) groups is 1. The molecule has 0 radical (unpaired) electrons. The zero-order valence-electron chi connectivity index (χ0n) is 14.1. The first-order chi connectivity index (χ1) is 12.6. The van der Waals surface area contributed by atoms with Gasteiger partial charge in [-0.3, -0.25) is 4.79 Å². The molecule has 2 N–H and O–H groups in total. The van der Waals surface area contributed by atoms with Crippen LogP contribution in [0.25, 0.3) is 0 Å². The summed E-state index contributed by atoms with van der Waals surface area (Å²) in [6.45, 7) is 2.60. The van der Waals surface area contributed by atoms with Crippen molar-refractivity contribution in [3.8, 4) is 11.5 Å². The van der Waals surface area contributed by atoms with E-state index in [9.17, 15) is 4.79 Å². The molecule has 138 valence electrons. The van der Waals surface area contributed by atoms with E-state index in [-0.39, 0.29) is 18.7 Å². The van der Waals surface area contributed by atoms with Crippen LogP contribution in [0.4, 0.5) is 0 Å². The molecule has 1 heterocycles. The highest BCUT2D eigenvalue weighted by Gasteiger charge is 2.18. The molecule has 2 aromatic rings. The third kappa shape index (κ3) is 4.76. The Morgan fingerprint density at radius 2 is 2.00 bits per heavy atom. The molecule has 0 saturated heterocycles. The first-order valence-corrected chi connectivity index (χ1v) is 9.67. The molecule has 1 aliphatic heterocycles. The Labute approximate surface area is 166 Å². The van der Waals surface area contributed by atoms with Crippen molar-refractivity contribution < 1.29 is 14.3 Å². The molecule has 1 aliphatic rings. The quantitative estimate of drug-likeness (QED) is 0.659. The fraction of sp³-hybridized carbons (Fsp3) is 0.278. The van der Waals surface area contributed by atoms with Crippen molar-refractivity contribution in [2.24, 2.45) is 0 Å². The van der Waals surface area contributed by atoms with Crippen LogP contribution in [0.2, 0.25) is 10.0 Å². The maximum Gasteiger partial charge on any atom is 0.238 e. The summed E-state index contributed by atoms with van der Waals surface area (Å²) in [5.41, 5.74) is 0.950. The highest BCUT2D eigenvalue weighted by atomic mass is 35.5. The number of rotatable bonds is 7. The molecule has 1 atom stereocenters. The lowest BCUT2D eigenvalue weighted by molar-refractivity contribution is -0.122. The van der Waals surface area contributed by atoms with Crippen LogP contribution in [0.1, 0.15) is 18.9 Å². The fourth-order valence-corrected chi connectivity index (χ4v) is 3.74. The molecule has 5 nitrogen and oxygen atoms in total. The lowest BCUT2D eigenvalue weighted by Gasteiger charge is -2.16. The van der Waals surface area contributed by atoms with Gasteiger partial charge in [0.2, 0.25) is 12.7 Å². The van der Waals surface area contributed by atoms with Gasteiger partial charge in [-0.25, -0.2) is 4.72 Å². The highest BCUT2D eigenvalue weighted by Crippen LogP contribution is 2.32. The van der Waals surface area contributed by atoms with Gasteiger partial charge in [0.25, 0.3) is 0 Å². The first-order valence-electron chi connectivity index (χ1n) is 8.10. The first kappa shape index (κ1) is 19.2. The SMILES string of the molecule is CCC(NSc1ccc(Cl)cc1Cl)C(=O)NCc1ccc2c(c1)OCO2. The van der Waals surface area contributed by atoms with Crippen molar-refractivity contribution in [3.05, 3.63) is 52.0 Å². The van der Waals surface area contributed by atoms with Crippen molar-refractivity contribution in [1.29, 1.82) is 0 Å². The van der Waals surface area contributed by atoms with E-state index in [1.54, 1.807) is 12.1 Å². The topological polar surface area (TPSA) is 59.6 Å². The van der Waals surface area contributed by atoms with Gasteiger partial charge in [0.1, 0.15) is 0 Å². The maximum absolute atomic E-state index is 12.4. The van der Waals surface area contributed by atoms with Gasteiger partial charge in [-0.05, 0) is 54.3 Å². The van der Waals surface area contributed by atoms with E-state index in [1.807, 2.05) is 31.2 Å². The Bertz CT molecular complexity index is 804. The number of amides is 1. The number of ether oxygens (including phenoxy) is 2. The summed E-state index contributed by atoms with van der Waals surface area (Å²) in [4.78, 5) is 13.3. The smallest absolute Gasteiger partial charge is 0.238 e. The Morgan fingerprint density at radius 3 is 2.77 bits per heavy atom. The van der Waals surface area contributed by atoms with Crippen LogP contribution in [0.5, 0.6) is 11.5 Å². The molecule has 0 spiro atoms. The third-order valence-electron chi connectivity index (χ3n) is 3.83. The van der Waals surface area contributed by atoms with E-state index in [0.717, 1.165) is 16.2 Å². The second-order valence-electron chi connectivity index (χ2n) is 5.66. The molecule has 8 heteroatoms. The van der Waals surface area contributed by atoms with Crippen LogP contribution < -0.4 is 19.5 Å². The van der Waals surface area contributed by atoms with E-state index in [0.29, 0.717) is 28.8 Å². The van der Waals surface area contributed by atoms with Gasteiger partial charge >= 0.3 is 0 Å². The summed E-state index contributed by atoms with van der Waals surface area (Å²) < 4.78 is 13.8. The Balaban J connectivity index is 1.53. The van der Waals surface area contributed by atoms with Gasteiger partial charge in [0, 0.05) is 16.5 Å². The van der Waals surface area contributed by atoms with E-state index in [4.69, 9.17) is 32.7 Å². The lowest BCUT2D eigenvalue weighted by atomic mass is 10.2. The summed E-state index contributed by atoms with van der Waals surface area (Å²) in [7, 11) is 0. The van der Waals surface area contributed by atoms with E-state index < -0.39 is 0 Å². The summed E-state index contributed by atoms with van der Waals surface area (Å²) in [6, 6.07) is 10.5. The number of hydrogen-bond donors (Lipinski definition) is 2. The molecule has 0 aromatic heterocycles. The lowest BCUT2D eigenvalue weighted by Crippen LogP contribution is -2.40. The number of nitrogens with one attached hydrogen (secondary N) is 2. The molecule has 2 aromatic carbocycles. The van der Waals surface area contributed by atoms with Crippen molar-refractivity contribution in [1.82, 2.24) is 10.0 Å². The molecule has 1 amide bonds. The summed E-state index contributed by atoms with van der Waals surface area (Å²) in [6.07, 6.45) is 0.644. The minimum absolute atomic E-state index is 0.0808. The second-order valence-corrected chi connectivity index (χ2v) is 7.38. The zero-order valence-corrected chi connectivity index (χ0v) is 16.4. The zero-order chi connectivity index (χ0) is 18.5. The Morgan fingerprint density at radius 1 is 1.19 bits per heavy atom. The van der Waals surface area contributed by atoms with E-state index >= 15 is 0 Å². The van der Waals surface area contributed by atoms with Crippen LogP contribution >= 0.6 is 35.1 Å². The minimum atomic E-state index is -0.347. The molecular weight excluding hydrogens is 395 g/mol. The average Bonchev–Trinajstić information content (AvgIpc) is 3.09. The van der Waals surface area contributed by atoms with Crippen LogP contribution in [0.15, 0.2) is 41.3 Å². The molecule has 26 heavy (non-hydrogen) atoms. The Kier molecular flexibility index (Phi) is 6.53. The van der Waals surface area contributed by atoms with Gasteiger partial charge in [0.05, 0.1) is 11.1 Å². The van der Waals surface area contributed by atoms with E-state index in [1.165, 1.54) is 11.9 Å². The van der Waals surface area contributed by atoms with Crippen LogP contribution in [0, 0.1) is 0 Å². The second kappa shape index (κ2) is 8.86. The predicted molar refractivity (Wildman–Crippen MR) is 104 cm³/mol. The average molecular weight is 413 g/mol. The monoisotopic (exact) mass is 412 g/mol. The van der Waals surface area contributed by atoms with Crippen molar-refractivity contribution in [2.75, 3.05) is 6.79 Å². The largest absolute Gasteiger partial charge is 0.454 e. The number of benzene rings is 2. The third-order valence-corrected chi connectivity index (χ3v) is 5.47. The molecular formula is C18H18Cl2N2O3S. The standard InChI is InChI=1S/C18H18Cl2N2O3S/c1-2-14(22-26-17-6-4-12(19)8-13(17)20)18(23)21-9-11-3-5-15-16(7-11)25-10-24-15/h3-8,14,22H,2,9-10H2,1H3,(H,21,23). The fourth-order valence-electron chi connectivity index (χ4n) is 2.38. The number of halogens is 2. The van der Waals surface area contributed by atoms with Gasteiger partial charge in [-0.1, -0.05) is 36.2 Å². The summed E-state index contributed by atoms with van der Waals surface area (Å²) >= 11 is 13.4. The van der Waals surface area contributed by atoms with Gasteiger partial charge in [0.15, 0.2) is 11.5 Å².